The quantitative estimate of drug-likeness (QED) is 0.0671. The first-order valence-electron chi connectivity index (χ1n) is 21.1. The Morgan fingerprint density at radius 2 is 0.667 bits per heavy atom. The highest BCUT2D eigenvalue weighted by atomic mass is 19.2. The van der Waals surface area contributed by atoms with Gasteiger partial charge in [0.2, 0.25) is 11.5 Å². The Kier molecular flexibility index (Phi) is 9.51. The van der Waals surface area contributed by atoms with Crippen molar-refractivity contribution in [2.75, 3.05) is 0 Å². The molecule has 6 aromatic heterocycles. The SMILES string of the molecule is [C-]#[N+]c1cc(-n2c3ccc(-c4ncccn4)cc3c3cc(-c4ncccn4)ccc32)c(-c2c(F)c(F)c(F)c(F)c2F)cc1-n1c2ccc(-c3ncccn3)cc2c2cc(-c3ncccn3)ccc21. The van der Waals surface area contributed by atoms with E-state index >= 15 is 17.6 Å². The van der Waals surface area contributed by atoms with Crippen LogP contribution in [-0.4, -0.2) is 49.0 Å². The van der Waals surface area contributed by atoms with Gasteiger partial charge >= 0.3 is 0 Å². The molecule has 328 valence electrons. The van der Waals surface area contributed by atoms with Crippen LogP contribution in [0.3, 0.4) is 0 Å². The minimum Gasteiger partial charge on any atom is -0.319 e. The molecule has 69 heavy (non-hydrogen) atoms. The van der Waals surface area contributed by atoms with E-state index in [2.05, 4.69) is 44.7 Å². The van der Waals surface area contributed by atoms with E-state index in [0.717, 1.165) is 0 Å². The second-order valence-corrected chi connectivity index (χ2v) is 15.8. The van der Waals surface area contributed by atoms with Crippen molar-refractivity contribution in [1.29, 1.82) is 0 Å². The third kappa shape index (κ3) is 6.55. The van der Waals surface area contributed by atoms with Gasteiger partial charge in [-0.25, -0.2) is 66.7 Å². The van der Waals surface area contributed by atoms with E-state index < -0.39 is 40.2 Å². The molecule has 0 aliphatic rings. The predicted octanol–water partition coefficient (Wildman–Crippen LogP) is 12.6. The summed E-state index contributed by atoms with van der Waals surface area (Å²) in [7, 11) is 0. The fourth-order valence-corrected chi connectivity index (χ4v) is 8.98. The van der Waals surface area contributed by atoms with Gasteiger partial charge in [-0.3, -0.25) is 0 Å². The van der Waals surface area contributed by atoms with Crippen LogP contribution in [0.5, 0.6) is 0 Å². The monoisotopic (exact) mass is 911 g/mol. The highest BCUT2D eigenvalue weighted by Crippen LogP contribution is 2.46. The van der Waals surface area contributed by atoms with Crippen molar-refractivity contribution in [3.05, 3.63) is 199 Å². The number of fused-ring (bicyclic) bond motifs is 6. The van der Waals surface area contributed by atoms with Crippen molar-refractivity contribution in [3.63, 3.8) is 0 Å². The molecule has 0 aliphatic heterocycles. The second-order valence-electron chi connectivity index (χ2n) is 15.8. The molecule has 12 aromatic rings. The third-order valence-corrected chi connectivity index (χ3v) is 12.0. The first-order valence-corrected chi connectivity index (χ1v) is 21.1. The largest absolute Gasteiger partial charge is 0.319 e. The van der Waals surface area contributed by atoms with Gasteiger partial charge in [-0.15, -0.1) is 0 Å². The van der Waals surface area contributed by atoms with Gasteiger partial charge in [0.15, 0.2) is 46.6 Å². The van der Waals surface area contributed by atoms with Gasteiger partial charge < -0.3 is 9.13 Å². The van der Waals surface area contributed by atoms with E-state index in [9.17, 15) is 4.39 Å². The van der Waals surface area contributed by atoms with Gasteiger partial charge in [0.1, 0.15) is 0 Å². The van der Waals surface area contributed by atoms with Crippen LogP contribution in [0, 0.1) is 35.7 Å². The fraction of sp³-hybridized carbons (Fsp3) is 0. The lowest BCUT2D eigenvalue weighted by molar-refractivity contribution is 0.381. The second kappa shape index (κ2) is 16.1. The van der Waals surface area contributed by atoms with Crippen LogP contribution in [0.2, 0.25) is 0 Å². The zero-order chi connectivity index (χ0) is 46.9. The molecule has 0 unspecified atom stereocenters. The minimum absolute atomic E-state index is 0.0130. The van der Waals surface area contributed by atoms with Crippen LogP contribution in [0.25, 0.3) is 117 Å². The molecule has 11 nitrogen and oxygen atoms in total. The summed E-state index contributed by atoms with van der Waals surface area (Å²) in [6.07, 6.45) is 12.9. The average Bonchev–Trinajstić information content (AvgIpc) is 3.91. The van der Waals surface area contributed by atoms with Crippen molar-refractivity contribution >= 4 is 49.3 Å². The molecule has 6 aromatic carbocycles. The molecule has 0 amide bonds. The molecular formula is C53H26F5N11. The van der Waals surface area contributed by atoms with Crippen LogP contribution < -0.4 is 0 Å². The Morgan fingerprint density at radius 1 is 0.362 bits per heavy atom. The summed E-state index contributed by atoms with van der Waals surface area (Å²) < 4.78 is 82.4. The van der Waals surface area contributed by atoms with E-state index in [1.807, 2.05) is 24.3 Å². The molecule has 0 fully saturated rings. The number of hydrogen-bond donors (Lipinski definition) is 0. The summed E-state index contributed by atoms with van der Waals surface area (Å²) in [5.74, 6) is -8.94. The summed E-state index contributed by atoms with van der Waals surface area (Å²) in [6.45, 7) is 8.67. The molecule has 0 atom stereocenters. The van der Waals surface area contributed by atoms with Crippen LogP contribution >= 0.6 is 0 Å². The van der Waals surface area contributed by atoms with Gasteiger partial charge in [-0.05, 0) is 109 Å². The summed E-state index contributed by atoms with van der Waals surface area (Å²) in [5.41, 5.74) is 3.07. The minimum atomic E-state index is -2.31. The van der Waals surface area contributed by atoms with E-state index in [-0.39, 0.29) is 17.1 Å². The Hall–Kier alpha value is -9.62. The summed E-state index contributed by atoms with van der Waals surface area (Å²) >= 11 is 0. The number of hydrogen-bond acceptors (Lipinski definition) is 8. The maximum absolute atomic E-state index is 16.5. The average molecular weight is 912 g/mol. The lowest BCUT2D eigenvalue weighted by atomic mass is 9.99. The number of aromatic nitrogens is 10. The molecule has 12 rings (SSSR count). The molecule has 0 saturated carbocycles. The molecular weight excluding hydrogens is 886 g/mol. The molecule has 0 aliphatic carbocycles. The smallest absolute Gasteiger partial charge is 0.212 e. The van der Waals surface area contributed by atoms with Gasteiger partial charge in [0.25, 0.3) is 0 Å². The number of halogens is 5. The number of rotatable bonds is 7. The predicted molar refractivity (Wildman–Crippen MR) is 251 cm³/mol. The van der Waals surface area contributed by atoms with Gasteiger partial charge in [-0.1, -0.05) is 0 Å². The van der Waals surface area contributed by atoms with Crippen molar-refractivity contribution < 1.29 is 22.0 Å². The maximum Gasteiger partial charge on any atom is 0.212 e. The Labute approximate surface area is 386 Å². The van der Waals surface area contributed by atoms with Crippen molar-refractivity contribution in [2.45, 2.75) is 0 Å². The van der Waals surface area contributed by atoms with Crippen molar-refractivity contribution in [1.82, 2.24) is 49.0 Å². The van der Waals surface area contributed by atoms with Crippen molar-refractivity contribution in [2.24, 2.45) is 0 Å². The standard InChI is InChI=1S/C53H26F5N11/c1-59-37-27-42(68-38-10-6-28(50-60-14-2-15-61-50)22-32(38)33-23-29(7-11-39(33)68)51-62-16-3-17-63-51)36(44-45(54)47(56)49(58)48(57)46(44)55)26-43(37)69-40-12-8-30(52-64-18-4-19-65-52)24-34(40)35-25-31(9-13-41(35)69)53-66-20-5-21-67-53/h2-27H. The number of nitrogens with zero attached hydrogens (tertiary/aromatic N) is 11. The van der Waals surface area contributed by atoms with Gasteiger partial charge in [0, 0.05) is 105 Å². The molecule has 0 radical (unpaired) electrons. The van der Waals surface area contributed by atoms with Crippen LogP contribution in [-0.2, 0) is 0 Å². The molecule has 0 saturated heterocycles. The van der Waals surface area contributed by atoms with Crippen LogP contribution in [0.1, 0.15) is 0 Å². The first kappa shape index (κ1) is 40.9. The van der Waals surface area contributed by atoms with E-state index in [1.54, 1.807) is 132 Å². The van der Waals surface area contributed by atoms with Gasteiger partial charge in [0.05, 0.1) is 39.9 Å². The van der Waals surface area contributed by atoms with E-state index in [0.29, 0.717) is 89.2 Å². The highest BCUT2D eigenvalue weighted by Gasteiger charge is 2.31. The Bertz CT molecular complexity index is 3860. The summed E-state index contributed by atoms with van der Waals surface area (Å²) in [5, 5.41) is 2.57. The Balaban J connectivity index is 1.19. The Morgan fingerprint density at radius 3 is 0.986 bits per heavy atom. The molecule has 0 spiro atoms. The third-order valence-electron chi connectivity index (χ3n) is 12.0. The van der Waals surface area contributed by atoms with Gasteiger partial charge in [-0.2, -0.15) is 0 Å². The topological polar surface area (TPSA) is 117 Å². The molecule has 16 heteroatoms. The lowest BCUT2D eigenvalue weighted by Crippen LogP contribution is -2.07. The van der Waals surface area contributed by atoms with Crippen molar-refractivity contribution in [3.8, 4) is 68.1 Å². The van der Waals surface area contributed by atoms with E-state index in [4.69, 9.17) is 6.57 Å². The zero-order valence-electron chi connectivity index (χ0n) is 35.3. The van der Waals surface area contributed by atoms with E-state index in [1.165, 1.54) is 12.1 Å². The maximum atomic E-state index is 16.5. The summed E-state index contributed by atoms with van der Waals surface area (Å²) in [6, 6.07) is 31.2. The fourth-order valence-electron chi connectivity index (χ4n) is 8.98. The van der Waals surface area contributed by atoms with Crippen LogP contribution in [0.4, 0.5) is 27.6 Å². The number of benzene rings is 6. The molecule has 6 heterocycles. The highest BCUT2D eigenvalue weighted by molar-refractivity contribution is 6.14. The lowest BCUT2D eigenvalue weighted by Gasteiger charge is -2.20. The normalized spacial score (nSPS) is 11.5. The molecule has 0 bridgehead atoms. The zero-order valence-corrected chi connectivity index (χ0v) is 35.3. The summed E-state index contributed by atoms with van der Waals surface area (Å²) in [4.78, 5) is 39.5. The first-order chi connectivity index (χ1) is 33.8. The molecule has 0 N–H and O–H groups in total. The van der Waals surface area contributed by atoms with Crippen LogP contribution in [0.15, 0.2) is 159 Å².